The summed E-state index contributed by atoms with van der Waals surface area (Å²) < 4.78 is 0. The first-order valence-corrected chi connectivity index (χ1v) is 4.13. The van der Waals surface area contributed by atoms with Crippen molar-refractivity contribution in [3.63, 3.8) is 0 Å². The highest BCUT2D eigenvalue weighted by molar-refractivity contribution is 5.53. The maximum absolute atomic E-state index is 8.96. The Bertz CT molecular complexity index is 167. The molecule has 0 aromatic carbocycles. The van der Waals surface area contributed by atoms with Crippen molar-refractivity contribution in [2.24, 2.45) is 0 Å². The minimum absolute atomic E-state index is 0.726. The van der Waals surface area contributed by atoms with Gasteiger partial charge in [-0.3, -0.25) is 0 Å². The molecule has 0 spiro atoms. The highest BCUT2D eigenvalue weighted by atomic mass is 16.6. The van der Waals surface area contributed by atoms with Crippen LogP contribution in [0.25, 0.3) is 0 Å². The average molecular weight is 244 g/mol. The fourth-order valence-corrected chi connectivity index (χ4v) is 0.671. The third kappa shape index (κ3) is 8.35. The lowest BCUT2D eigenvalue weighted by atomic mass is 10.0. The quantitative estimate of drug-likeness (QED) is 0.245. The standard InChI is InChI=1S/C6H14O6.CH2O3/c7-1-3(9)5(11)6(12)4(10)2-8;2-1(3)4/h3-12H,1-2H2;(H2,2,3,4)/t3-,4-,5-,6-;/m1./s1. The maximum Gasteiger partial charge on any atom is 0.503 e. The predicted molar refractivity (Wildman–Crippen MR) is 48.9 cm³/mol. The molecule has 0 amide bonds. The summed E-state index contributed by atoms with van der Waals surface area (Å²) in [6, 6.07) is 0. The van der Waals surface area contributed by atoms with Crippen LogP contribution < -0.4 is 0 Å². The van der Waals surface area contributed by atoms with Crippen LogP contribution in [0.4, 0.5) is 4.79 Å². The van der Waals surface area contributed by atoms with Crippen LogP contribution in [0.1, 0.15) is 0 Å². The fourth-order valence-electron chi connectivity index (χ4n) is 0.671. The molecule has 0 aliphatic rings. The fraction of sp³-hybridized carbons (Fsp3) is 0.857. The second-order valence-corrected chi connectivity index (χ2v) is 2.76. The molecule has 0 radical (unpaired) electrons. The molecule has 0 heterocycles. The van der Waals surface area contributed by atoms with Crippen LogP contribution in [0.2, 0.25) is 0 Å². The highest BCUT2D eigenvalue weighted by Gasteiger charge is 2.29. The Kier molecular flexibility index (Phi) is 10.1. The average Bonchev–Trinajstić information content (AvgIpc) is 2.24. The van der Waals surface area contributed by atoms with Gasteiger partial charge in [-0.2, -0.15) is 0 Å². The SMILES string of the molecule is O=C(O)O.OC[C@@H](O)[C@@H](O)[C@H](O)[C@H](O)CO. The molecule has 8 N–H and O–H groups in total. The molecule has 0 aliphatic heterocycles. The number of aliphatic hydroxyl groups is 6. The monoisotopic (exact) mass is 244 g/mol. The van der Waals surface area contributed by atoms with Gasteiger partial charge in [0.25, 0.3) is 0 Å². The van der Waals surface area contributed by atoms with Crippen LogP contribution in [-0.2, 0) is 0 Å². The third-order valence-electron chi connectivity index (χ3n) is 1.51. The van der Waals surface area contributed by atoms with E-state index in [1.54, 1.807) is 0 Å². The Hall–Kier alpha value is -0.970. The number of hydrogen-bond donors (Lipinski definition) is 8. The van der Waals surface area contributed by atoms with E-state index >= 15 is 0 Å². The third-order valence-corrected chi connectivity index (χ3v) is 1.51. The van der Waals surface area contributed by atoms with Crippen molar-refractivity contribution in [2.75, 3.05) is 13.2 Å². The van der Waals surface area contributed by atoms with Gasteiger partial charge in [-0.1, -0.05) is 0 Å². The molecule has 0 saturated heterocycles. The summed E-state index contributed by atoms with van der Waals surface area (Å²) in [5.41, 5.74) is 0. The summed E-state index contributed by atoms with van der Waals surface area (Å²) in [6.45, 7) is -1.45. The van der Waals surface area contributed by atoms with E-state index in [0.717, 1.165) is 0 Å². The molecule has 0 bridgehead atoms. The Morgan fingerprint density at radius 1 is 0.812 bits per heavy atom. The van der Waals surface area contributed by atoms with Crippen molar-refractivity contribution < 1.29 is 45.6 Å². The minimum Gasteiger partial charge on any atom is -0.450 e. The van der Waals surface area contributed by atoms with Gasteiger partial charge in [0, 0.05) is 0 Å². The van der Waals surface area contributed by atoms with Gasteiger partial charge in [0.05, 0.1) is 13.2 Å². The first-order chi connectivity index (χ1) is 7.27. The number of aliphatic hydroxyl groups excluding tert-OH is 6. The van der Waals surface area contributed by atoms with Gasteiger partial charge in [-0.15, -0.1) is 0 Å². The molecule has 0 unspecified atom stereocenters. The Morgan fingerprint density at radius 3 is 1.12 bits per heavy atom. The number of hydrogen-bond acceptors (Lipinski definition) is 7. The lowest BCUT2D eigenvalue weighted by molar-refractivity contribution is -0.123. The van der Waals surface area contributed by atoms with Gasteiger partial charge < -0.3 is 40.9 Å². The Balaban J connectivity index is 0. The Morgan fingerprint density at radius 2 is 1.00 bits per heavy atom. The molecular weight excluding hydrogens is 228 g/mol. The van der Waals surface area contributed by atoms with Crippen LogP contribution in [0, 0.1) is 0 Å². The van der Waals surface area contributed by atoms with E-state index in [0.29, 0.717) is 0 Å². The predicted octanol–water partition coefficient (Wildman–Crippen LogP) is -3.36. The summed E-state index contributed by atoms with van der Waals surface area (Å²) in [7, 11) is 0. The van der Waals surface area contributed by atoms with Crippen molar-refractivity contribution in [1.29, 1.82) is 0 Å². The van der Waals surface area contributed by atoms with Crippen LogP contribution in [0.3, 0.4) is 0 Å². The summed E-state index contributed by atoms with van der Waals surface area (Å²) in [5.74, 6) is 0. The Labute approximate surface area is 90.5 Å². The van der Waals surface area contributed by atoms with E-state index in [2.05, 4.69) is 0 Å². The van der Waals surface area contributed by atoms with Crippen molar-refractivity contribution in [3.8, 4) is 0 Å². The van der Waals surface area contributed by atoms with Crippen LogP contribution >= 0.6 is 0 Å². The zero-order chi connectivity index (χ0) is 13.3. The van der Waals surface area contributed by atoms with Crippen molar-refractivity contribution in [1.82, 2.24) is 0 Å². The summed E-state index contributed by atoms with van der Waals surface area (Å²) in [5, 5.41) is 66.1. The summed E-state index contributed by atoms with van der Waals surface area (Å²) in [4.78, 5) is 8.56. The number of carbonyl (C=O) groups is 1. The first kappa shape index (κ1) is 17.4. The molecule has 4 atom stereocenters. The molecular formula is C7H16O9. The molecule has 0 aromatic rings. The second-order valence-electron chi connectivity index (χ2n) is 2.76. The molecule has 0 aromatic heterocycles. The topological polar surface area (TPSA) is 179 Å². The molecule has 0 rings (SSSR count). The molecule has 0 saturated carbocycles. The van der Waals surface area contributed by atoms with Crippen LogP contribution in [0.5, 0.6) is 0 Å². The van der Waals surface area contributed by atoms with E-state index < -0.39 is 43.8 Å². The normalized spacial score (nSPS) is 17.6. The zero-order valence-electron chi connectivity index (χ0n) is 8.21. The van der Waals surface area contributed by atoms with Gasteiger partial charge in [-0.25, -0.2) is 4.79 Å². The zero-order valence-corrected chi connectivity index (χ0v) is 8.21. The summed E-state index contributed by atoms with van der Waals surface area (Å²) in [6.07, 6.45) is -8.23. The van der Waals surface area contributed by atoms with E-state index in [1.807, 2.05) is 0 Å². The highest BCUT2D eigenvalue weighted by Crippen LogP contribution is 2.03. The molecule has 9 nitrogen and oxygen atoms in total. The smallest absolute Gasteiger partial charge is 0.450 e. The van der Waals surface area contributed by atoms with Crippen LogP contribution in [0.15, 0.2) is 0 Å². The van der Waals surface area contributed by atoms with Crippen molar-refractivity contribution >= 4 is 6.16 Å². The van der Waals surface area contributed by atoms with E-state index in [1.165, 1.54) is 0 Å². The lowest BCUT2D eigenvalue weighted by Gasteiger charge is -2.24. The van der Waals surface area contributed by atoms with Crippen LogP contribution in [-0.4, -0.2) is 84.6 Å². The van der Waals surface area contributed by atoms with E-state index in [9.17, 15) is 0 Å². The number of carboxylic acid groups (broad SMARTS) is 2. The van der Waals surface area contributed by atoms with Gasteiger partial charge in [0.2, 0.25) is 0 Å². The second kappa shape index (κ2) is 9.27. The molecule has 16 heavy (non-hydrogen) atoms. The largest absolute Gasteiger partial charge is 0.503 e. The van der Waals surface area contributed by atoms with Crippen molar-refractivity contribution in [3.05, 3.63) is 0 Å². The van der Waals surface area contributed by atoms with Gasteiger partial charge in [-0.05, 0) is 0 Å². The van der Waals surface area contributed by atoms with Gasteiger partial charge >= 0.3 is 6.16 Å². The molecule has 0 fully saturated rings. The lowest BCUT2D eigenvalue weighted by Crippen LogP contribution is -2.46. The minimum atomic E-state index is -1.83. The molecule has 98 valence electrons. The molecule has 9 heteroatoms. The summed E-state index contributed by atoms with van der Waals surface area (Å²) >= 11 is 0. The van der Waals surface area contributed by atoms with E-state index in [-0.39, 0.29) is 0 Å². The van der Waals surface area contributed by atoms with Gasteiger partial charge in [0.1, 0.15) is 24.4 Å². The maximum atomic E-state index is 8.96. The van der Waals surface area contributed by atoms with Crippen molar-refractivity contribution in [2.45, 2.75) is 24.4 Å². The van der Waals surface area contributed by atoms with E-state index in [4.69, 9.17) is 45.6 Å². The number of rotatable bonds is 5. The first-order valence-electron chi connectivity index (χ1n) is 4.13. The molecule has 0 aliphatic carbocycles. The van der Waals surface area contributed by atoms with Gasteiger partial charge in [0.15, 0.2) is 0 Å².